The van der Waals surface area contributed by atoms with Gasteiger partial charge in [-0.1, -0.05) is 13.8 Å². The first kappa shape index (κ1) is 12.7. The molecule has 1 aromatic heterocycles. The van der Waals surface area contributed by atoms with E-state index in [2.05, 4.69) is 24.5 Å². The summed E-state index contributed by atoms with van der Waals surface area (Å²) in [7, 11) is 0. The molecule has 3 heteroatoms. The van der Waals surface area contributed by atoms with Crippen molar-refractivity contribution in [3.8, 4) is 0 Å². The summed E-state index contributed by atoms with van der Waals surface area (Å²) in [6.45, 7) is 9.10. The first-order valence-corrected chi connectivity index (χ1v) is 6.67. The van der Waals surface area contributed by atoms with Gasteiger partial charge in [-0.2, -0.15) is 0 Å². The molecule has 0 amide bonds. The van der Waals surface area contributed by atoms with E-state index in [9.17, 15) is 0 Å². The van der Waals surface area contributed by atoms with Crippen LogP contribution in [0.5, 0.6) is 0 Å². The van der Waals surface area contributed by atoms with E-state index in [0.717, 1.165) is 44.3 Å². The van der Waals surface area contributed by atoms with Crippen LogP contribution >= 0.6 is 0 Å². The van der Waals surface area contributed by atoms with Gasteiger partial charge in [-0.3, -0.25) is 0 Å². The number of hydrogen-bond donors (Lipinski definition) is 2. The second-order valence-corrected chi connectivity index (χ2v) is 5.45. The maximum atomic E-state index is 5.33. The van der Waals surface area contributed by atoms with E-state index in [4.69, 9.17) is 4.42 Å². The van der Waals surface area contributed by atoms with Crippen molar-refractivity contribution in [1.29, 1.82) is 0 Å². The largest absolute Gasteiger partial charge is 0.469 e. The Morgan fingerprint density at radius 2 is 2.41 bits per heavy atom. The summed E-state index contributed by atoms with van der Waals surface area (Å²) in [5.74, 6) is 1.80. The van der Waals surface area contributed by atoms with Gasteiger partial charge in [-0.15, -0.1) is 0 Å². The Morgan fingerprint density at radius 3 is 3.00 bits per heavy atom. The topological polar surface area (TPSA) is 37.2 Å². The van der Waals surface area contributed by atoms with Crippen LogP contribution in [0.1, 0.15) is 26.0 Å². The van der Waals surface area contributed by atoms with E-state index in [1.807, 2.05) is 12.1 Å². The molecule has 0 aromatic carbocycles. The van der Waals surface area contributed by atoms with Crippen molar-refractivity contribution >= 4 is 0 Å². The summed E-state index contributed by atoms with van der Waals surface area (Å²) in [5.41, 5.74) is 0.448. The lowest BCUT2D eigenvalue weighted by molar-refractivity contribution is 0.209. The van der Waals surface area contributed by atoms with Gasteiger partial charge in [0.05, 0.1) is 6.26 Å². The lowest BCUT2D eigenvalue weighted by atomic mass is 9.76. The third kappa shape index (κ3) is 3.11. The Labute approximate surface area is 104 Å². The van der Waals surface area contributed by atoms with Gasteiger partial charge in [0.15, 0.2) is 0 Å². The minimum atomic E-state index is 0.448. The molecule has 17 heavy (non-hydrogen) atoms. The number of rotatable bonds is 6. The van der Waals surface area contributed by atoms with Gasteiger partial charge in [-0.25, -0.2) is 0 Å². The van der Waals surface area contributed by atoms with Crippen LogP contribution in [-0.2, 0) is 6.42 Å². The molecule has 1 atom stereocenters. The summed E-state index contributed by atoms with van der Waals surface area (Å²) in [6.07, 6.45) is 4.01. The molecule has 96 valence electrons. The Morgan fingerprint density at radius 1 is 1.53 bits per heavy atom. The Bertz CT molecular complexity index is 313. The fourth-order valence-electron chi connectivity index (χ4n) is 2.61. The Hall–Kier alpha value is -0.800. The quantitative estimate of drug-likeness (QED) is 0.742. The summed E-state index contributed by atoms with van der Waals surface area (Å²) < 4.78 is 5.33. The molecular weight excluding hydrogens is 212 g/mol. The third-order valence-corrected chi connectivity index (χ3v) is 4.11. The van der Waals surface area contributed by atoms with Crippen molar-refractivity contribution in [1.82, 2.24) is 10.6 Å². The van der Waals surface area contributed by atoms with Crippen LogP contribution in [0.3, 0.4) is 0 Å². The highest BCUT2D eigenvalue weighted by atomic mass is 16.3. The van der Waals surface area contributed by atoms with Crippen molar-refractivity contribution in [2.45, 2.75) is 26.7 Å². The Kier molecular flexibility index (Phi) is 4.24. The van der Waals surface area contributed by atoms with Gasteiger partial charge >= 0.3 is 0 Å². The monoisotopic (exact) mass is 236 g/mol. The molecule has 0 aliphatic carbocycles. The van der Waals surface area contributed by atoms with Crippen LogP contribution in [0.4, 0.5) is 0 Å². The summed E-state index contributed by atoms with van der Waals surface area (Å²) in [5, 5.41) is 7.08. The molecule has 3 nitrogen and oxygen atoms in total. The highest BCUT2D eigenvalue weighted by Gasteiger charge is 2.36. The lowest BCUT2D eigenvalue weighted by Gasteiger charge is -2.33. The molecule has 0 spiro atoms. The first-order chi connectivity index (χ1) is 8.23. The number of nitrogens with one attached hydrogen (secondary N) is 2. The van der Waals surface area contributed by atoms with Crippen molar-refractivity contribution in [3.05, 3.63) is 24.2 Å². The van der Waals surface area contributed by atoms with Crippen molar-refractivity contribution in [2.24, 2.45) is 11.3 Å². The second-order valence-electron chi connectivity index (χ2n) is 5.45. The summed E-state index contributed by atoms with van der Waals surface area (Å²) in [4.78, 5) is 0. The van der Waals surface area contributed by atoms with Crippen molar-refractivity contribution in [3.63, 3.8) is 0 Å². The van der Waals surface area contributed by atoms with E-state index in [-0.39, 0.29) is 0 Å². The summed E-state index contributed by atoms with van der Waals surface area (Å²) in [6, 6.07) is 3.99. The molecule has 2 rings (SSSR count). The van der Waals surface area contributed by atoms with E-state index in [1.54, 1.807) is 6.26 Å². The SMILES string of the molecule is CC(C)C1(CNCCc2ccco2)CCNC1. The van der Waals surface area contributed by atoms with Crippen LogP contribution in [0, 0.1) is 11.3 Å². The van der Waals surface area contributed by atoms with Crippen LogP contribution in [0.2, 0.25) is 0 Å². The molecule has 2 N–H and O–H groups in total. The van der Waals surface area contributed by atoms with E-state index < -0.39 is 0 Å². The zero-order valence-electron chi connectivity index (χ0n) is 11.0. The molecule has 1 saturated heterocycles. The van der Waals surface area contributed by atoms with Gasteiger partial charge in [0, 0.05) is 26.1 Å². The summed E-state index contributed by atoms with van der Waals surface area (Å²) >= 11 is 0. The molecule has 1 fully saturated rings. The normalized spacial score (nSPS) is 24.6. The fourth-order valence-corrected chi connectivity index (χ4v) is 2.61. The molecule has 0 bridgehead atoms. The van der Waals surface area contributed by atoms with E-state index in [1.165, 1.54) is 6.42 Å². The molecule has 1 aliphatic rings. The average molecular weight is 236 g/mol. The zero-order chi connectivity index (χ0) is 12.1. The zero-order valence-corrected chi connectivity index (χ0v) is 11.0. The highest BCUT2D eigenvalue weighted by Crippen LogP contribution is 2.33. The minimum absolute atomic E-state index is 0.448. The molecule has 0 radical (unpaired) electrons. The van der Waals surface area contributed by atoms with Gasteiger partial charge in [0.1, 0.15) is 5.76 Å². The number of furan rings is 1. The predicted molar refractivity (Wildman–Crippen MR) is 70.0 cm³/mol. The lowest BCUT2D eigenvalue weighted by Crippen LogP contribution is -2.40. The fraction of sp³-hybridized carbons (Fsp3) is 0.714. The molecule has 2 heterocycles. The predicted octanol–water partition coefficient (Wildman–Crippen LogP) is 2.05. The van der Waals surface area contributed by atoms with Gasteiger partial charge < -0.3 is 15.1 Å². The Balaban J connectivity index is 1.73. The molecule has 1 aliphatic heterocycles. The standard InChI is InChI=1S/C14H24N2O/c1-12(2)14(6-8-16-11-14)10-15-7-5-13-4-3-9-17-13/h3-4,9,12,15-16H,5-8,10-11H2,1-2H3. The van der Waals surface area contributed by atoms with Crippen molar-refractivity contribution in [2.75, 3.05) is 26.2 Å². The number of hydrogen-bond acceptors (Lipinski definition) is 3. The molecule has 0 saturated carbocycles. The van der Waals surface area contributed by atoms with Crippen molar-refractivity contribution < 1.29 is 4.42 Å². The maximum absolute atomic E-state index is 5.33. The molecule has 1 unspecified atom stereocenters. The van der Waals surface area contributed by atoms with Gasteiger partial charge in [0.2, 0.25) is 0 Å². The van der Waals surface area contributed by atoms with E-state index >= 15 is 0 Å². The van der Waals surface area contributed by atoms with Crippen LogP contribution < -0.4 is 10.6 Å². The highest BCUT2D eigenvalue weighted by molar-refractivity contribution is 4.98. The minimum Gasteiger partial charge on any atom is -0.469 e. The van der Waals surface area contributed by atoms with Crippen LogP contribution in [-0.4, -0.2) is 26.2 Å². The second kappa shape index (κ2) is 5.69. The van der Waals surface area contributed by atoms with Crippen LogP contribution in [0.25, 0.3) is 0 Å². The molecule has 1 aromatic rings. The first-order valence-electron chi connectivity index (χ1n) is 6.67. The average Bonchev–Trinajstić information content (AvgIpc) is 2.96. The third-order valence-electron chi connectivity index (χ3n) is 4.11. The smallest absolute Gasteiger partial charge is 0.105 e. The molecular formula is C14H24N2O. The van der Waals surface area contributed by atoms with Gasteiger partial charge in [-0.05, 0) is 36.4 Å². The van der Waals surface area contributed by atoms with Crippen LogP contribution in [0.15, 0.2) is 22.8 Å². The van der Waals surface area contributed by atoms with E-state index in [0.29, 0.717) is 5.41 Å². The maximum Gasteiger partial charge on any atom is 0.105 e. The van der Waals surface area contributed by atoms with Gasteiger partial charge in [0.25, 0.3) is 0 Å².